The highest BCUT2D eigenvalue weighted by Gasteiger charge is 2.29. The van der Waals surface area contributed by atoms with Gasteiger partial charge >= 0.3 is 0 Å². The van der Waals surface area contributed by atoms with Crippen LogP contribution >= 0.6 is 15.9 Å². The minimum absolute atomic E-state index is 0.178. The molecule has 1 unspecified atom stereocenters. The number of hydrogen-bond donors (Lipinski definition) is 0. The first-order valence-corrected chi connectivity index (χ1v) is 8.77. The van der Waals surface area contributed by atoms with E-state index in [4.69, 9.17) is 0 Å². The summed E-state index contributed by atoms with van der Waals surface area (Å²) in [5, 5.41) is 0. The molecule has 0 aliphatic carbocycles. The molecular weight excluding hydrogens is 328 g/mol. The molecule has 1 aromatic rings. The first-order chi connectivity index (χ1) is 9.82. The molecule has 0 saturated carbocycles. The fraction of sp³-hybridized carbons (Fsp3) is 0.706. The van der Waals surface area contributed by atoms with Gasteiger partial charge in [0, 0.05) is 30.3 Å². The standard InChI is InChI=1S/C17H27BrN2O/c1-5-19-12-14(18)11-15(19)16(21)20-9-6-7-13(8-10-20)17(2,3)4/h11-13H,5-10H2,1-4H3. The molecular formula is C17H27BrN2O. The third-order valence-corrected chi connectivity index (χ3v) is 5.10. The predicted molar refractivity (Wildman–Crippen MR) is 90.5 cm³/mol. The first kappa shape index (κ1) is 16.6. The Balaban J connectivity index is 2.10. The molecule has 0 radical (unpaired) electrons. The van der Waals surface area contributed by atoms with Gasteiger partial charge in [0.25, 0.3) is 5.91 Å². The van der Waals surface area contributed by atoms with Gasteiger partial charge in [-0.3, -0.25) is 4.79 Å². The summed E-state index contributed by atoms with van der Waals surface area (Å²) in [4.78, 5) is 14.8. The number of aryl methyl sites for hydroxylation is 1. The van der Waals surface area contributed by atoms with Crippen LogP contribution in [-0.2, 0) is 6.54 Å². The Morgan fingerprint density at radius 2 is 2.05 bits per heavy atom. The minimum atomic E-state index is 0.178. The summed E-state index contributed by atoms with van der Waals surface area (Å²) in [7, 11) is 0. The number of carbonyl (C=O) groups excluding carboxylic acids is 1. The molecule has 1 aliphatic heterocycles. The molecule has 1 amide bonds. The third kappa shape index (κ3) is 3.91. The van der Waals surface area contributed by atoms with Gasteiger partial charge in [0.05, 0.1) is 0 Å². The van der Waals surface area contributed by atoms with Gasteiger partial charge in [-0.2, -0.15) is 0 Å². The van der Waals surface area contributed by atoms with Gasteiger partial charge in [0.15, 0.2) is 0 Å². The van der Waals surface area contributed by atoms with E-state index in [0.717, 1.165) is 42.6 Å². The zero-order valence-corrected chi connectivity index (χ0v) is 15.2. The fourth-order valence-corrected chi connectivity index (χ4v) is 3.71. The van der Waals surface area contributed by atoms with Crippen molar-refractivity contribution >= 4 is 21.8 Å². The van der Waals surface area contributed by atoms with Gasteiger partial charge in [-0.05, 0) is 59.5 Å². The molecule has 0 aromatic carbocycles. The average Bonchev–Trinajstić information content (AvgIpc) is 2.63. The number of carbonyl (C=O) groups is 1. The summed E-state index contributed by atoms with van der Waals surface area (Å²) in [5.41, 5.74) is 1.14. The molecule has 1 fully saturated rings. The molecule has 1 aliphatic rings. The molecule has 2 rings (SSSR count). The van der Waals surface area contributed by atoms with Crippen molar-refractivity contribution in [1.82, 2.24) is 9.47 Å². The van der Waals surface area contributed by atoms with Gasteiger partial charge in [-0.15, -0.1) is 0 Å². The van der Waals surface area contributed by atoms with E-state index in [0.29, 0.717) is 11.3 Å². The maximum atomic E-state index is 12.8. The Hall–Kier alpha value is -0.770. The van der Waals surface area contributed by atoms with Crippen molar-refractivity contribution in [3.8, 4) is 0 Å². The topological polar surface area (TPSA) is 25.2 Å². The normalized spacial score (nSPS) is 20.4. The monoisotopic (exact) mass is 354 g/mol. The lowest BCUT2D eigenvalue weighted by molar-refractivity contribution is 0.0745. The van der Waals surface area contributed by atoms with Crippen LogP contribution in [0.4, 0.5) is 0 Å². The van der Waals surface area contributed by atoms with Crippen LogP contribution in [0.3, 0.4) is 0 Å². The molecule has 0 N–H and O–H groups in total. The van der Waals surface area contributed by atoms with E-state index in [1.165, 1.54) is 6.42 Å². The largest absolute Gasteiger partial charge is 0.343 e. The average molecular weight is 355 g/mol. The molecule has 1 aromatic heterocycles. The van der Waals surface area contributed by atoms with Gasteiger partial charge < -0.3 is 9.47 Å². The van der Waals surface area contributed by atoms with Crippen LogP contribution in [0, 0.1) is 11.3 Å². The van der Waals surface area contributed by atoms with E-state index in [1.54, 1.807) is 0 Å². The van der Waals surface area contributed by atoms with Crippen molar-refractivity contribution in [2.75, 3.05) is 13.1 Å². The van der Waals surface area contributed by atoms with Crippen LogP contribution in [0.1, 0.15) is 57.4 Å². The zero-order valence-electron chi connectivity index (χ0n) is 13.7. The third-order valence-electron chi connectivity index (χ3n) is 4.66. The molecule has 4 heteroatoms. The van der Waals surface area contributed by atoms with Crippen molar-refractivity contribution in [1.29, 1.82) is 0 Å². The van der Waals surface area contributed by atoms with Crippen LogP contribution < -0.4 is 0 Å². The van der Waals surface area contributed by atoms with Crippen molar-refractivity contribution in [3.05, 3.63) is 22.4 Å². The quantitative estimate of drug-likeness (QED) is 0.764. The van der Waals surface area contributed by atoms with Crippen LogP contribution in [0.2, 0.25) is 0 Å². The van der Waals surface area contributed by atoms with E-state index >= 15 is 0 Å². The molecule has 2 heterocycles. The Labute approximate surface area is 136 Å². The van der Waals surface area contributed by atoms with Gasteiger partial charge in [0.2, 0.25) is 0 Å². The minimum Gasteiger partial charge on any atom is -0.343 e. The van der Waals surface area contributed by atoms with Crippen molar-refractivity contribution in [2.45, 2.75) is 53.5 Å². The Kier molecular flexibility index (Phi) is 5.18. The summed E-state index contributed by atoms with van der Waals surface area (Å²) in [5.74, 6) is 0.886. The second kappa shape index (κ2) is 6.55. The number of likely N-dealkylation sites (tertiary alicyclic amines) is 1. The van der Waals surface area contributed by atoms with E-state index in [2.05, 4.69) is 43.6 Å². The summed E-state index contributed by atoms with van der Waals surface area (Å²) >= 11 is 3.48. The predicted octanol–water partition coefficient (Wildman–Crippen LogP) is 4.56. The van der Waals surface area contributed by atoms with E-state index in [1.807, 2.05) is 21.7 Å². The maximum Gasteiger partial charge on any atom is 0.270 e. The van der Waals surface area contributed by atoms with Crippen LogP contribution in [0.15, 0.2) is 16.7 Å². The second-order valence-electron chi connectivity index (χ2n) is 7.12. The van der Waals surface area contributed by atoms with E-state index < -0.39 is 0 Å². The van der Waals surface area contributed by atoms with Crippen LogP contribution in [0.5, 0.6) is 0 Å². The molecule has 118 valence electrons. The van der Waals surface area contributed by atoms with E-state index in [-0.39, 0.29) is 5.91 Å². The molecule has 0 bridgehead atoms. The Morgan fingerprint density at radius 1 is 1.33 bits per heavy atom. The van der Waals surface area contributed by atoms with Crippen molar-refractivity contribution in [3.63, 3.8) is 0 Å². The fourth-order valence-electron chi connectivity index (χ4n) is 3.24. The summed E-state index contributed by atoms with van der Waals surface area (Å²) in [6, 6.07) is 1.94. The smallest absolute Gasteiger partial charge is 0.270 e. The second-order valence-corrected chi connectivity index (χ2v) is 8.03. The highest BCUT2D eigenvalue weighted by atomic mass is 79.9. The number of rotatable bonds is 2. The van der Waals surface area contributed by atoms with Gasteiger partial charge in [-0.25, -0.2) is 0 Å². The molecule has 0 spiro atoms. The van der Waals surface area contributed by atoms with Crippen molar-refractivity contribution < 1.29 is 4.79 Å². The molecule has 1 atom stereocenters. The Bertz CT molecular complexity index is 501. The highest BCUT2D eigenvalue weighted by molar-refractivity contribution is 9.10. The summed E-state index contributed by atoms with van der Waals surface area (Å²) in [6.07, 6.45) is 5.44. The highest BCUT2D eigenvalue weighted by Crippen LogP contribution is 2.34. The van der Waals surface area contributed by atoms with E-state index in [9.17, 15) is 4.79 Å². The maximum absolute atomic E-state index is 12.8. The zero-order chi connectivity index (χ0) is 15.6. The van der Waals surface area contributed by atoms with Gasteiger partial charge in [-0.1, -0.05) is 20.8 Å². The Morgan fingerprint density at radius 3 is 2.67 bits per heavy atom. The lowest BCUT2D eigenvalue weighted by Gasteiger charge is -2.29. The summed E-state index contributed by atoms with van der Waals surface area (Å²) in [6.45, 7) is 11.6. The van der Waals surface area contributed by atoms with Gasteiger partial charge in [0.1, 0.15) is 5.69 Å². The lowest BCUT2D eigenvalue weighted by atomic mass is 9.77. The molecule has 3 nitrogen and oxygen atoms in total. The molecule has 1 saturated heterocycles. The lowest BCUT2D eigenvalue weighted by Crippen LogP contribution is -2.33. The number of aromatic nitrogens is 1. The number of halogens is 1. The SMILES string of the molecule is CCn1cc(Br)cc1C(=O)N1CCCC(C(C)(C)C)CC1. The van der Waals surface area contributed by atoms with Crippen LogP contribution in [0.25, 0.3) is 0 Å². The number of nitrogens with zero attached hydrogens (tertiary/aromatic N) is 2. The number of amides is 1. The summed E-state index contributed by atoms with van der Waals surface area (Å²) < 4.78 is 3.01. The van der Waals surface area contributed by atoms with Crippen molar-refractivity contribution in [2.24, 2.45) is 11.3 Å². The van der Waals surface area contributed by atoms with Crippen LogP contribution in [-0.4, -0.2) is 28.5 Å². The first-order valence-electron chi connectivity index (χ1n) is 7.98. The number of hydrogen-bond acceptors (Lipinski definition) is 1. The molecule has 21 heavy (non-hydrogen) atoms.